The van der Waals surface area contributed by atoms with Crippen molar-refractivity contribution in [3.8, 4) is 0 Å². The maximum Gasteiger partial charge on any atom is 0.123 e. The highest BCUT2D eigenvalue weighted by atomic mass is 19.1. The van der Waals surface area contributed by atoms with E-state index < -0.39 is 6.10 Å². The summed E-state index contributed by atoms with van der Waals surface area (Å²) < 4.78 is 12.8. The SMILES string of the molecule is CCCCCC(O)c1ccc(F)cc1C. The van der Waals surface area contributed by atoms with Gasteiger partial charge in [-0.3, -0.25) is 0 Å². The number of aryl methyl sites for hydroxylation is 1. The van der Waals surface area contributed by atoms with Gasteiger partial charge in [-0.25, -0.2) is 4.39 Å². The quantitative estimate of drug-likeness (QED) is 0.734. The zero-order valence-electron chi connectivity index (χ0n) is 9.46. The Morgan fingerprint density at radius 3 is 2.67 bits per heavy atom. The predicted molar refractivity (Wildman–Crippen MR) is 60.2 cm³/mol. The molecular weight excluding hydrogens is 191 g/mol. The smallest absolute Gasteiger partial charge is 0.123 e. The summed E-state index contributed by atoms with van der Waals surface area (Å²) in [5.41, 5.74) is 1.69. The molecule has 1 rings (SSSR count). The standard InChI is InChI=1S/C13H19FO/c1-3-4-5-6-13(15)12-8-7-11(14)9-10(12)2/h7-9,13,15H,3-6H2,1-2H3. The minimum Gasteiger partial charge on any atom is -0.388 e. The first kappa shape index (κ1) is 12.2. The first-order valence-electron chi connectivity index (χ1n) is 5.59. The topological polar surface area (TPSA) is 20.2 Å². The van der Waals surface area contributed by atoms with E-state index in [0.29, 0.717) is 0 Å². The Labute approximate surface area is 90.9 Å². The summed E-state index contributed by atoms with van der Waals surface area (Å²) >= 11 is 0. The largest absolute Gasteiger partial charge is 0.388 e. The summed E-state index contributed by atoms with van der Waals surface area (Å²) in [6.07, 6.45) is 3.62. The van der Waals surface area contributed by atoms with Crippen molar-refractivity contribution in [1.29, 1.82) is 0 Å². The van der Waals surface area contributed by atoms with Crippen molar-refractivity contribution in [2.24, 2.45) is 0 Å². The van der Waals surface area contributed by atoms with Crippen molar-refractivity contribution in [3.05, 3.63) is 35.1 Å². The Morgan fingerprint density at radius 1 is 1.33 bits per heavy atom. The van der Waals surface area contributed by atoms with E-state index in [1.54, 1.807) is 6.07 Å². The molecule has 1 atom stereocenters. The number of unbranched alkanes of at least 4 members (excludes halogenated alkanes) is 2. The Kier molecular flexibility index (Phi) is 4.76. The average molecular weight is 210 g/mol. The molecule has 0 aliphatic heterocycles. The Balaban J connectivity index is 2.61. The molecule has 1 aromatic rings. The number of benzene rings is 1. The molecule has 0 saturated carbocycles. The fourth-order valence-corrected chi connectivity index (χ4v) is 1.76. The van der Waals surface area contributed by atoms with E-state index in [2.05, 4.69) is 6.92 Å². The summed E-state index contributed by atoms with van der Waals surface area (Å²) in [6, 6.07) is 4.56. The molecule has 0 heterocycles. The highest BCUT2D eigenvalue weighted by Gasteiger charge is 2.10. The van der Waals surface area contributed by atoms with Gasteiger partial charge in [-0.15, -0.1) is 0 Å². The third kappa shape index (κ3) is 3.63. The molecule has 15 heavy (non-hydrogen) atoms. The number of hydrogen-bond donors (Lipinski definition) is 1. The molecule has 0 spiro atoms. The van der Waals surface area contributed by atoms with Crippen molar-refractivity contribution in [2.45, 2.75) is 45.6 Å². The molecule has 0 radical (unpaired) electrons. The summed E-state index contributed by atoms with van der Waals surface area (Å²) in [5.74, 6) is -0.239. The fourth-order valence-electron chi connectivity index (χ4n) is 1.76. The molecular formula is C13H19FO. The molecule has 0 aromatic heterocycles. The summed E-state index contributed by atoms with van der Waals surface area (Å²) in [6.45, 7) is 3.97. The van der Waals surface area contributed by atoms with Crippen molar-refractivity contribution < 1.29 is 9.50 Å². The molecule has 84 valence electrons. The third-order valence-corrected chi connectivity index (χ3v) is 2.67. The van der Waals surface area contributed by atoms with E-state index in [1.807, 2.05) is 6.92 Å². The number of rotatable bonds is 5. The predicted octanol–water partition coefficient (Wildman–Crippen LogP) is 3.75. The number of aliphatic hydroxyl groups is 1. The zero-order valence-corrected chi connectivity index (χ0v) is 9.46. The lowest BCUT2D eigenvalue weighted by Gasteiger charge is -2.13. The van der Waals surface area contributed by atoms with E-state index in [1.165, 1.54) is 12.1 Å². The molecule has 1 N–H and O–H groups in total. The molecule has 0 aliphatic carbocycles. The van der Waals surface area contributed by atoms with Gasteiger partial charge in [0.2, 0.25) is 0 Å². The lowest BCUT2D eigenvalue weighted by molar-refractivity contribution is 0.163. The van der Waals surface area contributed by atoms with Gasteiger partial charge in [0, 0.05) is 0 Å². The molecule has 1 nitrogen and oxygen atoms in total. The third-order valence-electron chi connectivity index (χ3n) is 2.67. The van der Waals surface area contributed by atoms with E-state index >= 15 is 0 Å². The van der Waals surface area contributed by atoms with Gasteiger partial charge in [-0.2, -0.15) is 0 Å². The van der Waals surface area contributed by atoms with Crippen LogP contribution in [0.1, 0.15) is 49.8 Å². The molecule has 0 amide bonds. The van der Waals surface area contributed by atoms with Crippen LogP contribution < -0.4 is 0 Å². The molecule has 0 aliphatic rings. The highest BCUT2D eigenvalue weighted by Crippen LogP contribution is 2.23. The second kappa shape index (κ2) is 5.86. The van der Waals surface area contributed by atoms with Crippen LogP contribution in [-0.4, -0.2) is 5.11 Å². The van der Waals surface area contributed by atoms with Gasteiger partial charge in [0.05, 0.1) is 6.10 Å². The van der Waals surface area contributed by atoms with Crippen LogP contribution in [0.4, 0.5) is 4.39 Å². The summed E-state index contributed by atoms with van der Waals surface area (Å²) in [7, 11) is 0. The van der Waals surface area contributed by atoms with Gasteiger partial charge < -0.3 is 5.11 Å². The van der Waals surface area contributed by atoms with Crippen molar-refractivity contribution in [2.75, 3.05) is 0 Å². The number of halogens is 1. The lowest BCUT2D eigenvalue weighted by atomic mass is 9.99. The normalized spacial score (nSPS) is 12.8. The van der Waals surface area contributed by atoms with Crippen LogP contribution in [-0.2, 0) is 0 Å². The van der Waals surface area contributed by atoms with Crippen LogP contribution in [0.3, 0.4) is 0 Å². The minimum absolute atomic E-state index is 0.239. The summed E-state index contributed by atoms with van der Waals surface area (Å²) in [4.78, 5) is 0. The zero-order chi connectivity index (χ0) is 11.3. The molecule has 1 unspecified atom stereocenters. The van der Waals surface area contributed by atoms with Gasteiger partial charge in [0.25, 0.3) is 0 Å². The minimum atomic E-state index is -0.447. The first-order chi connectivity index (χ1) is 7.15. The van der Waals surface area contributed by atoms with Gasteiger partial charge in [-0.05, 0) is 36.6 Å². The Hall–Kier alpha value is -0.890. The van der Waals surface area contributed by atoms with Gasteiger partial charge in [0.15, 0.2) is 0 Å². The average Bonchev–Trinajstić information content (AvgIpc) is 2.17. The van der Waals surface area contributed by atoms with E-state index in [4.69, 9.17) is 0 Å². The number of hydrogen-bond acceptors (Lipinski definition) is 1. The van der Waals surface area contributed by atoms with E-state index in [0.717, 1.165) is 36.8 Å². The Morgan fingerprint density at radius 2 is 2.07 bits per heavy atom. The molecule has 1 aromatic carbocycles. The second-order valence-corrected chi connectivity index (χ2v) is 4.01. The molecule has 0 saturated heterocycles. The number of aliphatic hydroxyl groups excluding tert-OH is 1. The van der Waals surface area contributed by atoms with E-state index in [-0.39, 0.29) is 5.82 Å². The van der Waals surface area contributed by atoms with Gasteiger partial charge in [-0.1, -0.05) is 32.3 Å². The second-order valence-electron chi connectivity index (χ2n) is 4.01. The van der Waals surface area contributed by atoms with E-state index in [9.17, 15) is 9.50 Å². The lowest BCUT2D eigenvalue weighted by Crippen LogP contribution is -2.00. The van der Waals surface area contributed by atoms with Gasteiger partial charge in [0.1, 0.15) is 5.82 Å². The van der Waals surface area contributed by atoms with Crippen molar-refractivity contribution in [1.82, 2.24) is 0 Å². The molecule has 0 fully saturated rings. The monoisotopic (exact) mass is 210 g/mol. The van der Waals surface area contributed by atoms with Crippen LogP contribution in [0.15, 0.2) is 18.2 Å². The maximum atomic E-state index is 12.8. The van der Waals surface area contributed by atoms with Crippen LogP contribution in [0, 0.1) is 12.7 Å². The first-order valence-corrected chi connectivity index (χ1v) is 5.59. The van der Waals surface area contributed by atoms with Crippen LogP contribution in [0.25, 0.3) is 0 Å². The highest BCUT2D eigenvalue weighted by molar-refractivity contribution is 5.28. The Bertz CT molecular complexity index is 309. The summed E-state index contributed by atoms with van der Waals surface area (Å²) in [5, 5.41) is 9.90. The fraction of sp³-hybridized carbons (Fsp3) is 0.538. The molecule has 0 bridgehead atoms. The van der Waals surface area contributed by atoms with Gasteiger partial charge >= 0.3 is 0 Å². The van der Waals surface area contributed by atoms with Crippen LogP contribution >= 0.6 is 0 Å². The van der Waals surface area contributed by atoms with Crippen LogP contribution in [0.5, 0.6) is 0 Å². The van der Waals surface area contributed by atoms with Crippen LogP contribution in [0.2, 0.25) is 0 Å². The van der Waals surface area contributed by atoms with Crippen molar-refractivity contribution in [3.63, 3.8) is 0 Å². The van der Waals surface area contributed by atoms with Crippen molar-refractivity contribution >= 4 is 0 Å². The molecule has 2 heteroatoms. The maximum absolute atomic E-state index is 12.8.